The second-order valence-electron chi connectivity index (χ2n) is 6.76. The normalized spacial score (nSPS) is 11.3. The van der Waals surface area contributed by atoms with Crippen LogP contribution >= 0.6 is 0 Å². The molecule has 0 radical (unpaired) electrons. The largest absolute Gasteiger partial charge is 0.494 e. The summed E-state index contributed by atoms with van der Waals surface area (Å²) < 4.78 is 33.0. The first-order valence-corrected chi connectivity index (χ1v) is 11.0. The van der Waals surface area contributed by atoms with Crippen molar-refractivity contribution in [1.82, 2.24) is 10.2 Å². The van der Waals surface area contributed by atoms with Crippen LogP contribution in [0.15, 0.2) is 59.5 Å². The van der Waals surface area contributed by atoms with Gasteiger partial charge in [0.2, 0.25) is 5.91 Å². The maximum atomic E-state index is 13.3. The number of nitrogens with zero attached hydrogens (tertiary/aromatic N) is 2. The van der Waals surface area contributed by atoms with Gasteiger partial charge in [0.15, 0.2) is 0 Å². The first kappa shape index (κ1) is 22.7. The molecular formula is C21H29N3O4S. The molecular weight excluding hydrogens is 390 g/mol. The molecule has 0 spiro atoms. The zero-order chi connectivity index (χ0) is 21.3. The molecule has 0 aliphatic rings. The molecule has 0 aliphatic heterocycles. The first-order chi connectivity index (χ1) is 13.8. The van der Waals surface area contributed by atoms with Gasteiger partial charge in [0.25, 0.3) is 10.0 Å². The van der Waals surface area contributed by atoms with Crippen LogP contribution in [0.1, 0.15) is 13.3 Å². The molecule has 2 aromatic rings. The second-order valence-corrected chi connectivity index (χ2v) is 8.62. The maximum Gasteiger partial charge on any atom is 0.264 e. The lowest BCUT2D eigenvalue weighted by Gasteiger charge is -2.24. The quantitative estimate of drug-likeness (QED) is 0.566. The van der Waals surface area contributed by atoms with E-state index >= 15 is 0 Å². The van der Waals surface area contributed by atoms with E-state index < -0.39 is 10.0 Å². The summed E-state index contributed by atoms with van der Waals surface area (Å²) in [5.74, 6) is 0.249. The van der Waals surface area contributed by atoms with Gasteiger partial charge in [-0.25, -0.2) is 8.42 Å². The number of nitrogens with one attached hydrogen (secondary N) is 1. The summed E-state index contributed by atoms with van der Waals surface area (Å²) in [6, 6.07) is 14.8. The Kier molecular flexibility index (Phi) is 8.48. The Hall–Kier alpha value is -2.58. The summed E-state index contributed by atoms with van der Waals surface area (Å²) in [6.45, 7) is 3.40. The highest BCUT2D eigenvalue weighted by Crippen LogP contribution is 2.24. The number of amides is 1. The van der Waals surface area contributed by atoms with Crippen molar-refractivity contribution in [3.05, 3.63) is 54.6 Å². The van der Waals surface area contributed by atoms with Crippen LogP contribution in [0.3, 0.4) is 0 Å². The molecule has 2 aromatic carbocycles. The molecule has 0 aromatic heterocycles. The van der Waals surface area contributed by atoms with Crippen molar-refractivity contribution in [3.63, 3.8) is 0 Å². The van der Waals surface area contributed by atoms with E-state index in [1.807, 2.05) is 25.9 Å². The number of hydrogen-bond donors (Lipinski definition) is 1. The zero-order valence-electron chi connectivity index (χ0n) is 17.2. The Bertz CT molecular complexity index is 869. The lowest BCUT2D eigenvalue weighted by atomic mass is 10.3. The molecule has 0 saturated carbocycles. The number of sulfonamides is 1. The molecule has 1 amide bonds. The number of ether oxygens (including phenoxy) is 1. The van der Waals surface area contributed by atoms with E-state index in [1.54, 1.807) is 42.5 Å². The van der Waals surface area contributed by atoms with Gasteiger partial charge in [0.05, 0.1) is 17.2 Å². The fraction of sp³-hybridized carbons (Fsp3) is 0.381. The Morgan fingerprint density at radius 3 is 2.28 bits per heavy atom. The average Bonchev–Trinajstić information content (AvgIpc) is 2.70. The zero-order valence-corrected chi connectivity index (χ0v) is 18.0. The monoisotopic (exact) mass is 419 g/mol. The number of hydrogen-bond acceptors (Lipinski definition) is 5. The van der Waals surface area contributed by atoms with Gasteiger partial charge in [0, 0.05) is 6.54 Å². The van der Waals surface area contributed by atoms with Crippen molar-refractivity contribution in [3.8, 4) is 5.75 Å². The smallest absolute Gasteiger partial charge is 0.264 e. The SMILES string of the molecule is CCOc1ccc(S(=O)(=O)N(CC(=O)NCCCN(C)C)c2ccccc2)cc1. The van der Waals surface area contributed by atoms with Crippen LogP contribution in [0.2, 0.25) is 0 Å². The number of carbonyl (C=O) groups is 1. The Morgan fingerprint density at radius 1 is 1.03 bits per heavy atom. The molecule has 29 heavy (non-hydrogen) atoms. The summed E-state index contributed by atoms with van der Waals surface area (Å²) in [5.41, 5.74) is 0.435. The molecule has 2 rings (SSSR count). The van der Waals surface area contributed by atoms with Crippen molar-refractivity contribution >= 4 is 21.6 Å². The van der Waals surface area contributed by atoms with Crippen LogP contribution in [0.5, 0.6) is 5.75 Å². The average molecular weight is 420 g/mol. The molecule has 158 valence electrons. The third-order valence-electron chi connectivity index (χ3n) is 4.16. The molecule has 0 atom stereocenters. The van der Waals surface area contributed by atoms with E-state index in [-0.39, 0.29) is 17.3 Å². The van der Waals surface area contributed by atoms with Gasteiger partial charge in [-0.1, -0.05) is 18.2 Å². The fourth-order valence-electron chi connectivity index (χ4n) is 2.72. The summed E-state index contributed by atoms with van der Waals surface area (Å²) in [4.78, 5) is 14.6. The van der Waals surface area contributed by atoms with Gasteiger partial charge in [-0.15, -0.1) is 0 Å². The van der Waals surface area contributed by atoms with Crippen LogP contribution in [-0.2, 0) is 14.8 Å². The summed E-state index contributed by atoms with van der Waals surface area (Å²) in [7, 11) is 0.00513. The molecule has 0 heterocycles. The lowest BCUT2D eigenvalue weighted by molar-refractivity contribution is -0.119. The predicted octanol–water partition coefficient (Wildman–Crippen LogP) is 2.35. The highest BCUT2D eigenvalue weighted by atomic mass is 32.2. The molecule has 8 heteroatoms. The molecule has 1 N–H and O–H groups in total. The van der Waals surface area contributed by atoms with Crippen LogP contribution in [0.25, 0.3) is 0 Å². The van der Waals surface area contributed by atoms with Crippen molar-refractivity contribution in [2.75, 3.05) is 44.6 Å². The number of anilines is 1. The van der Waals surface area contributed by atoms with Crippen molar-refractivity contribution in [2.24, 2.45) is 0 Å². The Labute approximate surface area is 173 Å². The third kappa shape index (κ3) is 6.76. The van der Waals surface area contributed by atoms with E-state index in [0.717, 1.165) is 17.3 Å². The minimum absolute atomic E-state index is 0.102. The molecule has 7 nitrogen and oxygen atoms in total. The number of rotatable bonds is 11. The van der Waals surface area contributed by atoms with Crippen molar-refractivity contribution in [1.29, 1.82) is 0 Å². The molecule has 0 fully saturated rings. The van der Waals surface area contributed by atoms with Gasteiger partial charge in [0.1, 0.15) is 12.3 Å². The third-order valence-corrected chi connectivity index (χ3v) is 5.95. The van der Waals surface area contributed by atoms with Crippen molar-refractivity contribution < 1.29 is 17.9 Å². The predicted molar refractivity (Wildman–Crippen MR) is 115 cm³/mol. The van der Waals surface area contributed by atoms with E-state index in [0.29, 0.717) is 24.6 Å². The maximum absolute atomic E-state index is 13.3. The van der Waals surface area contributed by atoms with Crippen LogP contribution in [0.4, 0.5) is 5.69 Å². The summed E-state index contributed by atoms with van der Waals surface area (Å²) in [5, 5.41) is 2.80. The minimum atomic E-state index is -3.92. The topological polar surface area (TPSA) is 79.0 Å². The summed E-state index contributed by atoms with van der Waals surface area (Å²) in [6.07, 6.45) is 0.787. The van der Waals surface area contributed by atoms with Crippen LogP contribution < -0.4 is 14.4 Å². The highest BCUT2D eigenvalue weighted by Gasteiger charge is 2.27. The molecule has 0 saturated heterocycles. The minimum Gasteiger partial charge on any atom is -0.494 e. The molecule has 0 bridgehead atoms. The van der Waals surface area contributed by atoms with Gasteiger partial charge in [-0.2, -0.15) is 0 Å². The van der Waals surface area contributed by atoms with Gasteiger partial charge < -0.3 is 15.0 Å². The van der Waals surface area contributed by atoms with Gasteiger partial charge >= 0.3 is 0 Å². The fourth-order valence-corrected chi connectivity index (χ4v) is 4.14. The van der Waals surface area contributed by atoms with E-state index in [9.17, 15) is 13.2 Å². The van der Waals surface area contributed by atoms with E-state index in [1.165, 1.54) is 12.1 Å². The number of carbonyl (C=O) groups excluding carboxylic acids is 1. The van der Waals surface area contributed by atoms with Gasteiger partial charge in [-0.3, -0.25) is 9.10 Å². The van der Waals surface area contributed by atoms with Crippen LogP contribution in [-0.4, -0.2) is 59.6 Å². The molecule has 0 aliphatic carbocycles. The lowest BCUT2D eigenvalue weighted by Crippen LogP contribution is -2.41. The number of benzene rings is 2. The van der Waals surface area contributed by atoms with E-state index in [2.05, 4.69) is 5.32 Å². The highest BCUT2D eigenvalue weighted by molar-refractivity contribution is 7.92. The van der Waals surface area contributed by atoms with Gasteiger partial charge in [-0.05, 0) is 70.4 Å². The van der Waals surface area contributed by atoms with Crippen LogP contribution in [0, 0.1) is 0 Å². The second kappa shape index (κ2) is 10.8. The standard InChI is InChI=1S/C21H29N3O4S/c1-4-28-19-11-13-20(14-12-19)29(26,27)24(18-9-6-5-7-10-18)17-21(25)22-15-8-16-23(2)3/h5-7,9-14H,4,8,15-17H2,1-3H3,(H,22,25). The Balaban J connectivity index is 2.20. The summed E-state index contributed by atoms with van der Waals surface area (Å²) >= 11 is 0. The van der Waals surface area contributed by atoms with E-state index in [4.69, 9.17) is 4.74 Å². The Morgan fingerprint density at radius 2 is 1.69 bits per heavy atom. The number of para-hydroxylation sites is 1. The molecule has 0 unspecified atom stereocenters. The van der Waals surface area contributed by atoms with Crippen molar-refractivity contribution in [2.45, 2.75) is 18.2 Å². The first-order valence-electron chi connectivity index (χ1n) is 9.56.